The SMILES string of the molecule is CC1=Cc2c(F)ccc([Si](C)(C)[Si](C)(C)Cl)c2C1. The molecule has 0 saturated carbocycles. The van der Waals surface area contributed by atoms with E-state index in [1.807, 2.05) is 12.1 Å². The highest BCUT2D eigenvalue weighted by Crippen LogP contribution is 2.30. The predicted octanol–water partition coefficient (Wildman–Crippen LogP) is 4.22. The maximum Gasteiger partial charge on any atom is 0.146 e. The number of halogens is 2. The first kappa shape index (κ1) is 14.0. The number of benzene rings is 1. The third-order valence-electron chi connectivity index (χ3n) is 4.31. The Labute approximate surface area is 115 Å². The van der Waals surface area contributed by atoms with Crippen LogP contribution in [0.25, 0.3) is 6.08 Å². The zero-order chi connectivity index (χ0) is 13.7. The second-order valence-corrected chi connectivity index (χ2v) is 24.3. The number of hydrogen-bond acceptors (Lipinski definition) is 0. The minimum atomic E-state index is -1.74. The minimum absolute atomic E-state index is 0.0931. The monoisotopic (exact) mass is 298 g/mol. The fourth-order valence-electron chi connectivity index (χ4n) is 2.46. The maximum atomic E-state index is 13.9. The van der Waals surface area contributed by atoms with Gasteiger partial charge in [0.25, 0.3) is 0 Å². The van der Waals surface area contributed by atoms with Crippen LogP contribution in [0.2, 0.25) is 26.2 Å². The average Bonchev–Trinajstić information content (AvgIpc) is 2.58. The number of hydrogen-bond donors (Lipinski definition) is 0. The van der Waals surface area contributed by atoms with Gasteiger partial charge in [-0.25, -0.2) is 4.39 Å². The predicted molar refractivity (Wildman–Crippen MR) is 84.2 cm³/mol. The molecule has 0 N–H and O–H groups in total. The molecule has 2 rings (SSSR count). The van der Waals surface area contributed by atoms with Crippen molar-refractivity contribution >= 4 is 36.8 Å². The molecule has 0 atom stereocenters. The summed E-state index contributed by atoms with van der Waals surface area (Å²) in [5, 5.41) is 1.36. The lowest BCUT2D eigenvalue weighted by molar-refractivity contribution is 0.624. The van der Waals surface area contributed by atoms with Gasteiger partial charge in [-0.2, -0.15) is 11.1 Å². The molecular formula is C14H20ClFSi2. The maximum absolute atomic E-state index is 13.9. The Bertz CT molecular complexity index is 527. The summed E-state index contributed by atoms with van der Waals surface area (Å²) >= 11 is 6.73. The van der Waals surface area contributed by atoms with Crippen molar-refractivity contribution in [1.29, 1.82) is 0 Å². The molecule has 0 aromatic heterocycles. The molecule has 0 fully saturated rings. The van der Waals surface area contributed by atoms with E-state index < -0.39 is 14.5 Å². The Kier molecular flexibility index (Phi) is 3.37. The first-order valence-corrected chi connectivity index (χ1v) is 14.3. The second-order valence-electron chi connectivity index (χ2n) is 6.25. The molecule has 0 unspecified atom stereocenters. The fourth-order valence-corrected chi connectivity index (χ4v) is 8.12. The van der Waals surface area contributed by atoms with Gasteiger partial charge in [-0.15, -0.1) is 0 Å². The van der Waals surface area contributed by atoms with Crippen LogP contribution in [0.1, 0.15) is 18.1 Å². The highest BCUT2D eigenvalue weighted by molar-refractivity contribution is 7.61. The molecular weight excluding hydrogens is 279 g/mol. The molecule has 1 aromatic carbocycles. The Balaban J connectivity index is 2.62. The largest absolute Gasteiger partial charge is 0.206 e. The highest BCUT2D eigenvalue weighted by Gasteiger charge is 2.43. The Hall–Kier alpha value is -0.386. The van der Waals surface area contributed by atoms with Crippen molar-refractivity contribution in [3.63, 3.8) is 0 Å². The van der Waals surface area contributed by atoms with Gasteiger partial charge in [0, 0.05) is 5.56 Å². The molecule has 0 radical (unpaired) electrons. The summed E-state index contributed by atoms with van der Waals surface area (Å²) < 4.78 is 13.9. The van der Waals surface area contributed by atoms with Crippen LogP contribution in [0, 0.1) is 5.82 Å². The van der Waals surface area contributed by atoms with Crippen molar-refractivity contribution in [2.45, 2.75) is 39.5 Å². The van der Waals surface area contributed by atoms with E-state index in [1.165, 1.54) is 16.3 Å². The van der Waals surface area contributed by atoms with Gasteiger partial charge in [-0.3, -0.25) is 0 Å². The van der Waals surface area contributed by atoms with Gasteiger partial charge >= 0.3 is 0 Å². The number of fused-ring (bicyclic) bond motifs is 1. The first-order valence-electron chi connectivity index (χ1n) is 6.32. The van der Waals surface area contributed by atoms with E-state index >= 15 is 0 Å². The standard InChI is InChI=1S/C14H20ClFSi2/c1-10-8-11-12(9-10)14(7-6-13(11)16)17(2,3)18(4,5)15/h6-8H,9H2,1-5H3. The molecule has 0 bridgehead atoms. The zero-order valence-corrected chi connectivity index (χ0v) is 14.5. The number of allylic oxidation sites excluding steroid dienone is 1. The van der Waals surface area contributed by atoms with E-state index in [2.05, 4.69) is 33.1 Å². The van der Waals surface area contributed by atoms with Gasteiger partial charge in [-0.1, -0.05) is 49.1 Å². The van der Waals surface area contributed by atoms with Gasteiger partial charge in [0.2, 0.25) is 0 Å². The lowest BCUT2D eigenvalue weighted by Crippen LogP contribution is -2.60. The minimum Gasteiger partial charge on any atom is -0.206 e. The topological polar surface area (TPSA) is 0 Å². The van der Waals surface area contributed by atoms with E-state index in [4.69, 9.17) is 11.1 Å². The third-order valence-corrected chi connectivity index (χ3v) is 23.1. The Morgan fingerprint density at radius 1 is 1.17 bits per heavy atom. The molecule has 1 aliphatic carbocycles. The van der Waals surface area contributed by atoms with Crippen molar-refractivity contribution in [2.75, 3.05) is 0 Å². The van der Waals surface area contributed by atoms with Crippen molar-refractivity contribution in [3.8, 4) is 0 Å². The summed E-state index contributed by atoms with van der Waals surface area (Å²) in [6, 6.07) is 3.61. The van der Waals surface area contributed by atoms with Crippen LogP contribution < -0.4 is 5.19 Å². The van der Waals surface area contributed by atoms with Crippen LogP contribution in [0.5, 0.6) is 0 Å². The molecule has 0 aliphatic heterocycles. The second kappa shape index (κ2) is 4.32. The summed E-state index contributed by atoms with van der Waals surface area (Å²) in [5.41, 5.74) is 3.25. The third kappa shape index (κ3) is 2.12. The molecule has 0 saturated heterocycles. The van der Waals surface area contributed by atoms with Gasteiger partial charge in [0.05, 0.1) is 7.59 Å². The average molecular weight is 299 g/mol. The summed E-state index contributed by atoms with van der Waals surface area (Å²) in [5.74, 6) is -0.0931. The summed E-state index contributed by atoms with van der Waals surface area (Å²) in [4.78, 5) is 0. The lowest BCUT2D eigenvalue weighted by atomic mass is 10.1. The molecule has 0 amide bonds. The summed E-state index contributed by atoms with van der Waals surface area (Å²) in [6.07, 6.45) is 2.88. The van der Waals surface area contributed by atoms with Crippen LogP contribution in [0.15, 0.2) is 17.7 Å². The highest BCUT2D eigenvalue weighted by atomic mass is 35.6. The smallest absolute Gasteiger partial charge is 0.146 e. The van der Waals surface area contributed by atoms with Crippen LogP contribution in [-0.2, 0) is 6.42 Å². The van der Waals surface area contributed by atoms with Crippen molar-refractivity contribution < 1.29 is 4.39 Å². The van der Waals surface area contributed by atoms with Gasteiger partial charge in [0.1, 0.15) is 12.7 Å². The molecule has 0 nitrogen and oxygen atoms in total. The van der Waals surface area contributed by atoms with Crippen molar-refractivity contribution in [3.05, 3.63) is 34.6 Å². The molecule has 98 valence electrons. The summed E-state index contributed by atoms with van der Waals surface area (Å²) in [6.45, 7) is 9.41. The molecule has 1 aliphatic rings. The van der Waals surface area contributed by atoms with Crippen molar-refractivity contribution in [2.24, 2.45) is 0 Å². The van der Waals surface area contributed by atoms with Crippen molar-refractivity contribution in [1.82, 2.24) is 0 Å². The summed E-state index contributed by atoms with van der Waals surface area (Å²) in [7, 11) is -1.69. The lowest BCUT2D eigenvalue weighted by Gasteiger charge is -2.34. The molecule has 4 heteroatoms. The van der Waals surface area contributed by atoms with Gasteiger partial charge < -0.3 is 0 Å². The molecule has 1 aromatic rings. The molecule has 18 heavy (non-hydrogen) atoms. The van der Waals surface area contributed by atoms with Crippen LogP contribution in [-0.4, -0.2) is 14.5 Å². The van der Waals surface area contributed by atoms with E-state index in [1.54, 1.807) is 6.07 Å². The molecule has 0 heterocycles. The van der Waals surface area contributed by atoms with Gasteiger partial charge in [0.15, 0.2) is 0 Å². The van der Waals surface area contributed by atoms with E-state index in [9.17, 15) is 4.39 Å². The van der Waals surface area contributed by atoms with E-state index in [0.29, 0.717) is 0 Å². The normalized spacial score (nSPS) is 15.6. The Morgan fingerprint density at radius 2 is 1.78 bits per heavy atom. The first-order chi connectivity index (χ1) is 8.14. The fraction of sp³-hybridized carbons (Fsp3) is 0.429. The quantitative estimate of drug-likeness (QED) is 0.566. The Morgan fingerprint density at radius 3 is 2.33 bits per heavy atom. The van der Waals surface area contributed by atoms with Crippen LogP contribution >= 0.6 is 11.1 Å². The van der Waals surface area contributed by atoms with Crippen LogP contribution in [0.3, 0.4) is 0 Å². The number of rotatable bonds is 2. The van der Waals surface area contributed by atoms with Gasteiger partial charge in [-0.05, 0) is 25.0 Å². The zero-order valence-electron chi connectivity index (χ0n) is 11.7. The van der Waals surface area contributed by atoms with E-state index in [-0.39, 0.29) is 5.82 Å². The van der Waals surface area contributed by atoms with Crippen LogP contribution in [0.4, 0.5) is 4.39 Å². The molecule has 0 spiro atoms. The van der Waals surface area contributed by atoms with E-state index in [0.717, 1.165) is 12.0 Å².